The van der Waals surface area contributed by atoms with Crippen LogP contribution in [0.25, 0.3) is 66.8 Å². The first-order valence-electron chi connectivity index (χ1n) is 19.5. The molecule has 56 heavy (non-hydrogen) atoms. The molecule has 1 heteroatoms. The molecule has 0 amide bonds. The van der Waals surface area contributed by atoms with E-state index in [1.165, 1.54) is 89.0 Å². The van der Waals surface area contributed by atoms with Gasteiger partial charge in [-0.3, -0.25) is 0 Å². The van der Waals surface area contributed by atoms with E-state index in [0.29, 0.717) is 0 Å². The Bertz CT molecular complexity index is 2950. The van der Waals surface area contributed by atoms with Crippen molar-refractivity contribution in [1.29, 1.82) is 0 Å². The molecule has 0 heterocycles. The summed E-state index contributed by atoms with van der Waals surface area (Å²) in [6, 6.07) is 78.9. The quantitative estimate of drug-likeness (QED) is 0.172. The van der Waals surface area contributed by atoms with Crippen molar-refractivity contribution in [2.45, 2.75) is 5.41 Å². The van der Waals surface area contributed by atoms with Crippen molar-refractivity contribution in [3.63, 3.8) is 0 Å². The van der Waals surface area contributed by atoms with E-state index in [1.807, 2.05) is 0 Å². The molecule has 9 aromatic carbocycles. The fraction of sp³-hybridized carbons (Fsp3) is 0.0182. The topological polar surface area (TPSA) is 3.24 Å². The molecule has 9 aromatic rings. The lowest BCUT2D eigenvalue weighted by molar-refractivity contribution is 0.768. The van der Waals surface area contributed by atoms with Crippen LogP contribution >= 0.6 is 0 Å². The van der Waals surface area contributed by atoms with Crippen molar-refractivity contribution in [2.24, 2.45) is 0 Å². The summed E-state index contributed by atoms with van der Waals surface area (Å²) in [6.07, 6.45) is 0. The molecule has 0 aromatic heterocycles. The Morgan fingerprint density at radius 2 is 0.679 bits per heavy atom. The Morgan fingerprint density at radius 3 is 1.32 bits per heavy atom. The lowest BCUT2D eigenvalue weighted by Gasteiger charge is -2.35. The molecule has 0 spiro atoms. The molecule has 0 aliphatic heterocycles. The number of fused-ring (bicyclic) bond motifs is 7. The van der Waals surface area contributed by atoms with E-state index in [0.717, 1.165) is 17.1 Å². The molecule has 0 fully saturated rings. The van der Waals surface area contributed by atoms with Gasteiger partial charge in [0.05, 0.1) is 5.41 Å². The van der Waals surface area contributed by atoms with Crippen LogP contribution in [0.2, 0.25) is 0 Å². The maximum atomic E-state index is 2.47. The highest BCUT2D eigenvalue weighted by molar-refractivity contribution is 6.15. The zero-order valence-electron chi connectivity index (χ0n) is 30.7. The van der Waals surface area contributed by atoms with Crippen molar-refractivity contribution >= 4 is 17.1 Å². The van der Waals surface area contributed by atoms with Crippen molar-refractivity contribution in [3.8, 4) is 66.8 Å². The van der Waals surface area contributed by atoms with Crippen LogP contribution in [-0.4, -0.2) is 0 Å². The van der Waals surface area contributed by atoms with Gasteiger partial charge in [-0.25, -0.2) is 0 Å². The number of benzene rings is 9. The summed E-state index contributed by atoms with van der Waals surface area (Å²) in [6.45, 7) is 0. The minimum atomic E-state index is -0.487. The summed E-state index contributed by atoms with van der Waals surface area (Å²) in [5, 5.41) is 0. The maximum Gasteiger partial charge on any atom is 0.0714 e. The Hall–Kier alpha value is -7.22. The minimum Gasteiger partial charge on any atom is -0.310 e. The van der Waals surface area contributed by atoms with E-state index >= 15 is 0 Å². The highest BCUT2D eigenvalue weighted by Gasteiger charge is 2.46. The fourth-order valence-electron chi connectivity index (χ4n) is 10.2. The standard InChI is InChI=1S/C55H35N/c1-4-16-36(17-5-1)55(37-18-6-2-7-19-37)51-29-13-12-23-43(51)44-33-31-40(35-52(44)55)56(38-20-8-3-9-21-38)39-30-32-42-47-26-15-27-48-49-28-14-25-46(54(49)50(42)34-39)41-22-10-11-24-45(41)53(47)48/h1-35H. The van der Waals surface area contributed by atoms with E-state index in [2.05, 4.69) is 217 Å². The van der Waals surface area contributed by atoms with Crippen LogP contribution in [0.5, 0.6) is 0 Å². The van der Waals surface area contributed by atoms with Gasteiger partial charge in [-0.2, -0.15) is 0 Å². The summed E-state index contributed by atoms with van der Waals surface area (Å²) in [5.41, 5.74) is 23.5. The predicted molar refractivity (Wildman–Crippen MR) is 233 cm³/mol. The lowest BCUT2D eigenvalue weighted by Crippen LogP contribution is -2.28. The smallest absolute Gasteiger partial charge is 0.0714 e. The van der Waals surface area contributed by atoms with E-state index in [1.54, 1.807) is 0 Å². The highest BCUT2D eigenvalue weighted by Crippen LogP contribution is 2.59. The number of anilines is 3. The van der Waals surface area contributed by atoms with Crippen LogP contribution in [-0.2, 0) is 5.41 Å². The first-order chi connectivity index (χ1) is 27.8. The van der Waals surface area contributed by atoms with E-state index in [-0.39, 0.29) is 0 Å². The van der Waals surface area contributed by atoms with E-state index in [4.69, 9.17) is 0 Å². The first kappa shape index (κ1) is 31.2. The normalized spacial score (nSPS) is 13.1. The highest BCUT2D eigenvalue weighted by atomic mass is 15.1. The number of nitrogens with zero attached hydrogens (tertiary/aromatic N) is 1. The van der Waals surface area contributed by atoms with Crippen molar-refractivity contribution in [3.05, 3.63) is 235 Å². The van der Waals surface area contributed by atoms with Gasteiger partial charge in [-0.15, -0.1) is 0 Å². The molecule has 1 nitrogen and oxygen atoms in total. The van der Waals surface area contributed by atoms with Crippen molar-refractivity contribution in [2.75, 3.05) is 4.90 Å². The molecule has 0 saturated heterocycles. The molecule has 3 aliphatic rings. The van der Waals surface area contributed by atoms with Gasteiger partial charge in [0.15, 0.2) is 0 Å². The Balaban J connectivity index is 1.13. The Kier molecular flexibility index (Phi) is 6.62. The first-order valence-corrected chi connectivity index (χ1v) is 19.5. The number of para-hydroxylation sites is 1. The number of hydrogen-bond acceptors (Lipinski definition) is 1. The third-order valence-electron chi connectivity index (χ3n) is 12.4. The zero-order valence-corrected chi connectivity index (χ0v) is 30.7. The minimum absolute atomic E-state index is 0.487. The molecular formula is C55H35N. The molecule has 0 unspecified atom stereocenters. The molecular weight excluding hydrogens is 675 g/mol. The largest absolute Gasteiger partial charge is 0.310 e. The average molecular weight is 710 g/mol. The monoisotopic (exact) mass is 709 g/mol. The van der Waals surface area contributed by atoms with Gasteiger partial charge >= 0.3 is 0 Å². The van der Waals surface area contributed by atoms with Gasteiger partial charge in [0, 0.05) is 17.1 Å². The van der Waals surface area contributed by atoms with Crippen molar-refractivity contribution in [1.82, 2.24) is 0 Å². The maximum absolute atomic E-state index is 2.47. The Labute approximate surface area is 327 Å². The second-order valence-electron chi connectivity index (χ2n) is 15.2. The second kappa shape index (κ2) is 11.9. The van der Waals surface area contributed by atoms with Gasteiger partial charge in [-0.05, 0) is 125 Å². The number of rotatable bonds is 5. The predicted octanol–water partition coefficient (Wildman–Crippen LogP) is 14.5. The molecule has 0 atom stereocenters. The van der Waals surface area contributed by atoms with Crippen LogP contribution in [0.3, 0.4) is 0 Å². The van der Waals surface area contributed by atoms with Gasteiger partial charge in [-0.1, -0.05) is 176 Å². The zero-order chi connectivity index (χ0) is 36.8. The van der Waals surface area contributed by atoms with Crippen LogP contribution in [0, 0.1) is 0 Å². The fourth-order valence-corrected chi connectivity index (χ4v) is 10.2. The summed E-state index contributed by atoms with van der Waals surface area (Å²) in [5.74, 6) is 0. The van der Waals surface area contributed by atoms with Crippen LogP contribution < -0.4 is 4.90 Å². The average Bonchev–Trinajstić information content (AvgIpc) is 3.51. The molecule has 0 radical (unpaired) electrons. The van der Waals surface area contributed by atoms with E-state index < -0.39 is 5.41 Å². The summed E-state index contributed by atoms with van der Waals surface area (Å²) in [4.78, 5) is 2.45. The van der Waals surface area contributed by atoms with Gasteiger partial charge in [0.25, 0.3) is 0 Å². The van der Waals surface area contributed by atoms with Gasteiger partial charge in [0.2, 0.25) is 0 Å². The molecule has 6 bridgehead atoms. The summed E-state index contributed by atoms with van der Waals surface area (Å²) in [7, 11) is 0. The third kappa shape index (κ3) is 4.20. The molecule has 260 valence electrons. The summed E-state index contributed by atoms with van der Waals surface area (Å²) < 4.78 is 0. The van der Waals surface area contributed by atoms with Crippen LogP contribution in [0.15, 0.2) is 212 Å². The second-order valence-corrected chi connectivity index (χ2v) is 15.2. The SMILES string of the molecule is c1ccc(N(c2ccc3c(c2)-c2c4cccc2-c2cccc-3c2-c2ccccc2-4)c2ccc3c(c2)C(c2ccccc2)(c2ccccc2)c2ccccc2-3)cc1. The van der Waals surface area contributed by atoms with Gasteiger partial charge in [0.1, 0.15) is 0 Å². The molecule has 12 rings (SSSR count). The summed E-state index contributed by atoms with van der Waals surface area (Å²) >= 11 is 0. The Morgan fingerprint density at radius 1 is 0.250 bits per heavy atom. The van der Waals surface area contributed by atoms with Gasteiger partial charge < -0.3 is 4.90 Å². The molecule has 3 aliphatic carbocycles. The third-order valence-corrected chi connectivity index (χ3v) is 12.4. The van der Waals surface area contributed by atoms with E-state index in [9.17, 15) is 0 Å². The van der Waals surface area contributed by atoms with Crippen LogP contribution in [0.1, 0.15) is 22.3 Å². The lowest BCUT2D eigenvalue weighted by atomic mass is 9.67. The molecule has 0 saturated carbocycles. The van der Waals surface area contributed by atoms with Crippen LogP contribution in [0.4, 0.5) is 17.1 Å². The molecule has 0 N–H and O–H groups in total. The van der Waals surface area contributed by atoms with Crippen molar-refractivity contribution < 1.29 is 0 Å². The number of hydrogen-bond donors (Lipinski definition) is 0.